The summed E-state index contributed by atoms with van der Waals surface area (Å²) in [5.74, 6) is -0.844. The van der Waals surface area contributed by atoms with Gasteiger partial charge in [0.05, 0.1) is 25.0 Å². The van der Waals surface area contributed by atoms with Gasteiger partial charge in [-0.05, 0) is 24.1 Å². The summed E-state index contributed by atoms with van der Waals surface area (Å²) in [6.07, 6.45) is 1.98. The number of aromatic carboxylic acids is 1. The van der Waals surface area contributed by atoms with E-state index in [1.54, 1.807) is 19.2 Å². The van der Waals surface area contributed by atoms with Gasteiger partial charge in [-0.3, -0.25) is 4.79 Å². The van der Waals surface area contributed by atoms with Gasteiger partial charge >= 0.3 is 5.97 Å². The van der Waals surface area contributed by atoms with Crippen molar-refractivity contribution in [1.29, 1.82) is 5.26 Å². The van der Waals surface area contributed by atoms with Gasteiger partial charge in [0.15, 0.2) is 5.43 Å². The van der Waals surface area contributed by atoms with E-state index in [2.05, 4.69) is 6.07 Å². The highest BCUT2D eigenvalue weighted by Crippen LogP contribution is 2.44. The molecule has 0 aliphatic carbocycles. The maximum absolute atomic E-state index is 12.4. The number of hydrogen-bond acceptors (Lipinski definition) is 5. The Morgan fingerprint density at radius 2 is 2.07 bits per heavy atom. The minimum Gasteiger partial charge on any atom is -0.495 e. The van der Waals surface area contributed by atoms with E-state index in [1.165, 1.54) is 19.4 Å². The van der Waals surface area contributed by atoms with Crippen molar-refractivity contribution < 1.29 is 19.4 Å². The fraction of sp³-hybridized carbons (Fsp3) is 0.381. The molecule has 0 radical (unpaired) electrons. The van der Waals surface area contributed by atoms with Crippen LogP contribution in [0.1, 0.15) is 41.4 Å². The number of carboxylic acids is 1. The third kappa shape index (κ3) is 3.16. The van der Waals surface area contributed by atoms with Crippen LogP contribution in [0.4, 0.5) is 0 Å². The molecule has 0 saturated heterocycles. The number of nitrogens with zero attached hydrogens (tertiary/aromatic N) is 2. The predicted molar refractivity (Wildman–Crippen MR) is 103 cm³/mol. The first-order valence-electron chi connectivity index (χ1n) is 8.83. The van der Waals surface area contributed by atoms with Crippen LogP contribution in [-0.2, 0) is 11.2 Å². The highest BCUT2D eigenvalue weighted by atomic mass is 16.5. The monoisotopic (exact) mass is 382 g/mol. The topological polar surface area (TPSA) is 102 Å². The maximum Gasteiger partial charge on any atom is 0.341 e. The fourth-order valence-corrected chi connectivity index (χ4v) is 3.90. The Labute approximate surface area is 162 Å². The highest BCUT2D eigenvalue weighted by Gasteiger charge is 2.37. The van der Waals surface area contributed by atoms with Crippen molar-refractivity contribution in [1.82, 2.24) is 4.57 Å². The van der Waals surface area contributed by atoms with Crippen molar-refractivity contribution in [3.8, 4) is 23.1 Å². The molecule has 1 N–H and O–H groups in total. The zero-order chi connectivity index (χ0) is 20.6. The van der Waals surface area contributed by atoms with E-state index < -0.39 is 11.4 Å². The van der Waals surface area contributed by atoms with Gasteiger partial charge in [-0.2, -0.15) is 5.26 Å². The van der Waals surface area contributed by atoms with Crippen LogP contribution in [0.25, 0.3) is 11.3 Å². The first kappa shape index (κ1) is 19.6. The van der Waals surface area contributed by atoms with Gasteiger partial charge in [-0.1, -0.05) is 13.8 Å². The molecular formula is C21H22N2O5. The molecule has 0 spiro atoms. The number of carbonyl (C=O) groups is 1. The standard InChI is InChI=1S/C21H22N2O5/c1-21(2,11-27-3)19-6-12-5-13(9-22)18(28-4)7-14(12)16-8-17(24)15(20(25)26)10-23(16)19/h5,7-8,10,19H,6,11H2,1-4H3,(H,25,26). The first-order chi connectivity index (χ1) is 13.2. The molecule has 1 unspecified atom stereocenters. The number of fused-ring (bicyclic) bond motifs is 3. The van der Waals surface area contributed by atoms with E-state index in [1.807, 2.05) is 18.4 Å². The summed E-state index contributed by atoms with van der Waals surface area (Å²) in [4.78, 5) is 23.9. The fourth-order valence-electron chi connectivity index (χ4n) is 3.90. The zero-order valence-electron chi connectivity index (χ0n) is 16.3. The predicted octanol–water partition coefficient (Wildman–Crippen LogP) is 2.86. The first-order valence-corrected chi connectivity index (χ1v) is 8.83. The number of aromatic nitrogens is 1. The molecule has 7 heteroatoms. The van der Waals surface area contributed by atoms with Gasteiger partial charge in [-0.15, -0.1) is 0 Å². The van der Waals surface area contributed by atoms with Crippen LogP contribution in [-0.4, -0.2) is 36.5 Å². The summed E-state index contributed by atoms with van der Waals surface area (Å²) in [5, 5.41) is 18.8. The third-order valence-electron chi connectivity index (χ3n) is 5.30. The van der Waals surface area contributed by atoms with Gasteiger partial charge in [-0.25, -0.2) is 4.79 Å². The Kier molecular flexibility index (Phi) is 5.01. The van der Waals surface area contributed by atoms with Crippen molar-refractivity contribution in [2.45, 2.75) is 26.3 Å². The Bertz CT molecular complexity index is 1050. The molecule has 0 fully saturated rings. The highest BCUT2D eigenvalue weighted by molar-refractivity contribution is 5.88. The smallest absolute Gasteiger partial charge is 0.341 e. The van der Waals surface area contributed by atoms with Crippen molar-refractivity contribution in [3.63, 3.8) is 0 Å². The quantitative estimate of drug-likeness (QED) is 0.853. The molecule has 0 bridgehead atoms. The van der Waals surface area contributed by atoms with Crippen LogP contribution in [0, 0.1) is 16.7 Å². The molecule has 2 aromatic rings. The van der Waals surface area contributed by atoms with Crippen LogP contribution in [0.5, 0.6) is 5.75 Å². The molecule has 28 heavy (non-hydrogen) atoms. The Hall–Kier alpha value is -3.11. The number of nitriles is 1. The largest absolute Gasteiger partial charge is 0.495 e. The van der Waals surface area contributed by atoms with Gasteiger partial charge in [0.25, 0.3) is 0 Å². The normalized spacial score (nSPS) is 15.3. The third-order valence-corrected chi connectivity index (χ3v) is 5.30. The van der Waals surface area contributed by atoms with Crippen molar-refractivity contribution in [3.05, 3.63) is 51.3 Å². The van der Waals surface area contributed by atoms with Crippen molar-refractivity contribution >= 4 is 5.97 Å². The molecule has 2 heterocycles. The number of rotatable bonds is 5. The second-order valence-electron chi connectivity index (χ2n) is 7.61. The lowest BCUT2D eigenvalue weighted by Crippen LogP contribution is -2.37. The number of methoxy groups -OCH3 is 2. The second-order valence-corrected chi connectivity index (χ2v) is 7.61. The lowest BCUT2D eigenvalue weighted by Gasteiger charge is -2.40. The minimum absolute atomic E-state index is 0.159. The van der Waals surface area contributed by atoms with E-state index in [-0.39, 0.29) is 17.0 Å². The van der Waals surface area contributed by atoms with Crippen molar-refractivity contribution in [2.75, 3.05) is 20.8 Å². The van der Waals surface area contributed by atoms with Gasteiger partial charge in [0.1, 0.15) is 17.4 Å². The summed E-state index contributed by atoms with van der Waals surface area (Å²) in [6, 6.07) is 6.85. The summed E-state index contributed by atoms with van der Waals surface area (Å²) in [5.41, 5.74) is 1.52. The van der Waals surface area contributed by atoms with Crippen molar-refractivity contribution in [2.24, 2.45) is 5.41 Å². The second kappa shape index (κ2) is 7.13. The van der Waals surface area contributed by atoms with Crippen LogP contribution >= 0.6 is 0 Å². The summed E-state index contributed by atoms with van der Waals surface area (Å²) < 4.78 is 12.5. The van der Waals surface area contributed by atoms with Crippen LogP contribution in [0.15, 0.2) is 29.2 Å². The van der Waals surface area contributed by atoms with E-state index in [0.29, 0.717) is 30.0 Å². The van der Waals surface area contributed by atoms with E-state index in [4.69, 9.17) is 9.47 Å². The van der Waals surface area contributed by atoms with Crippen LogP contribution in [0.3, 0.4) is 0 Å². The molecule has 1 aliphatic rings. The van der Waals surface area contributed by atoms with Gasteiger partial charge < -0.3 is 19.1 Å². The average molecular weight is 382 g/mol. The van der Waals surface area contributed by atoms with E-state index in [9.17, 15) is 20.0 Å². The number of ether oxygens (including phenoxy) is 2. The van der Waals surface area contributed by atoms with Gasteiger partial charge in [0.2, 0.25) is 0 Å². The molecule has 0 amide bonds. The van der Waals surface area contributed by atoms with E-state index in [0.717, 1.165) is 11.1 Å². The number of benzene rings is 1. The summed E-state index contributed by atoms with van der Waals surface area (Å²) in [6.45, 7) is 4.51. The molecule has 1 aliphatic heterocycles. The van der Waals surface area contributed by atoms with Crippen LogP contribution < -0.4 is 10.2 Å². The molecule has 3 rings (SSSR count). The number of carboxylic acid groups (broad SMARTS) is 1. The Morgan fingerprint density at radius 3 is 2.64 bits per heavy atom. The molecular weight excluding hydrogens is 360 g/mol. The maximum atomic E-state index is 12.4. The van der Waals surface area contributed by atoms with Crippen LogP contribution in [0.2, 0.25) is 0 Å². The summed E-state index contributed by atoms with van der Waals surface area (Å²) >= 11 is 0. The molecule has 1 aromatic carbocycles. The molecule has 0 saturated carbocycles. The van der Waals surface area contributed by atoms with Gasteiger partial charge in [0, 0.05) is 36.4 Å². The minimum atomic E-state index is -1.26. The molecule has 1 aromatic heterocycles. The Balaban J connectivity index is 2.33. The molecule has 1 atom stereocenters. The van der Waals surface area contributed by atoms with E-state index >= 15 is 0 Å². The molecule has 7 nitrogen and oxygen atoms in total. The average Bonchev–Trinajstić information content (AvgIpc) is 2.65. The number of pyridine rings is 1. The molecule has 146 valence electrons. The lowest BCUT2D eigenvalue weighted by molar-refractivity contribution is 0.0615. The SMILES string of the molecule is COCC(C)(C)C1Cc2cc(C#N)c(OC)cc2-c2cc(=O)c(C(=O)O)cn21. The lowest BCUT2D eigenvalue weighted by atomic mass is 9.77. The number of hydrogen-bond donors (Lipinski definition) is 1. The zero-order valence-corrected chi connectivity index (χ0v) is 16.3. The Morgan fingerprint density at radius 1 is 1.36 bits per heavy atom. The summed E-state index contributed by atoms with van der Waals surface area (Å²) in [7, 11) is 3.10.